The van der Waals surface area contributed by atoms with E-state index in [-0.39, 0.29) is 46.2 Å². The number of carbonyl (C=O) groups is 3. The Morgan fingerprint density at radius 2 is 1.48 bits per heavy atom. The number of imide groups is 1. The fourth-order valence-corrected chi connectivity index (χ4v) is 5.52. The second kappa shape index (κ2) is 15.6. The van der Waals surface area contributed by atoms with Crippen molar-refractivity contribution in [3.8, 4) is 5.75 Å². The van der Waals surface area contributed by atoms with E-state index < -0.39 is 0 Å². The summed E-state index contributed by atoms with van der Waals surface area (Å²) >= 11 is 0. The van der Waals surface area contributed by atoms with Gasteiger partial charge in [0, 0.05) is 11.8 Å². The van der Waals surface area contributed by atoms with Crippen LogP contribution in [0.3, 0.4) is 0 Å². The quantitative estimate of drug-likeness (QED) is 0.186. The molecule has 7 nitrogen and oxygen atoms in total. The van der Waals surface area contributed by atoms with Crippen molar-refractivity contribution in [3.63, 3.8) is 0 Å². The first-order valence-corrected chi connectivity index (χ1v) is 17.1. The van der Waals surface area contributed by atoms with E-state index in [9.17, 15) is 14.4 Å². The summed E-state index contributed by atoms with van der Waals surface area (Å²) in [5.74, 6) is 0.344. The number of phenolic OH excluding ortho intramolecular Hbond substituents is 1. The lowest BCUT2D eigenvalue weighted by Crippen LogP contribution is -2.30. The van der Waals surface area contributed by atoms with Crippen molar-refractivity contribution in [1.29, 1.82) is 0 Å². The fourth-order valence-electron chi connectivity index (χ4n) is 5.52. The number of epoxide rings is 1. The minimum atomic E-state index is -0.340. The summed E-state index contributed by atoms with van der Waals surface area (Å²) in [4.78, 5) is 36.7. The number of hydrogen-bond acceptors (Lipinski definition) is 6. The molecule has 2 aliphatic heterocycles. The third-order valence-electron chi connectivity index (χ3n) is 10.0. The average Bonchev–Trinajstić information content (AvgIpc) is 3.79. The van der Waals surface area contributed by atoms with Crippen LogP contribution in [0, 0.1) is 23.2 Å². The molecule has 2 aromatic carbocycles. The smallest absolute Gasteiger partial charge is 0.311 e. The highest BCUT2D eigenvalue weighted by atomic mass is 16.6. The maximum atomic E-state index is 11.9. The number of nitrogens with zero attached hydrogens (tertiary/aromatic N) is 1. The first-order valence-electron chi connectivity index (χ1n) is 17.1. The minimum Gasteiger partial charge on any atom is -0.508 e. The predicted octanol–water partition coefficient (Wildman–Crippen LogP) is 8.57. The van der Waals surface area contributed by atoms with Crippen LogP contribution >= 0.6 is 0 Å². The van der Waals surface area contributed by atoms with Gasteiger partial charge in [-0.2, -0.15) is 0 Å². The zero-order valence-electron chi connectivity index (χ0n) is 29.8. The molecule has 2 aromatic rings. The van der Waals surface area contributed by atoms with Gasteiger partial charge in [0.2, 0.25) is 11.8 Å². The minimum absolute atomic E-state index is 0.0613. The van der Waals surface area contributed by atoms with E-state index in [0.29, 0.717) is 36.3 Å². The number of aromatic hydroxyl groups is 1. The van der Waals surface area contributed by atoms with E-state index in [1.54, 1.807) is 26.0 Å². The topological polar surface area (TPSA) is 96.4 Å². The molecule has 2 amide bonds. The van der Waals surface area contributed by atoms with Gasteiger partial charge in [0.15, 0.2) is 0 Å². The standard InChI is InChI=1S/C14H22.C13H22O3.C12H13NO3/c1-6-11(2)12-7-9-13(10-8-12)14(3,4)5;1-4-13(2,3)12(14)15-8-9-5-6-10-11(7-9)16-10;1-7-8(2)12(16)13(11(7)15)9-3-5-10(14)6-4-9/h7-11H,6H2,1-5H3;9-11H,4-8H2,1-3H3;3-8,14H,1-2H3. The van der Waals surface area contributed by atoms with E-state index in [0.717, 1.165) is 25.7 Å². The van der Waals surface area contributed by atoms with Gasteiger partial charge in [-0.1, -0.05) is 79.7 Å². The molecular formula is C39H57NO6. The second-order valence-corrected chi connectivity index (χ2v) is 15.0. The molecule has 2 saturated heterocycles. The Labute approximate surface area is 277 Å². The monoisotopic (exact) mass is 635 g/mol. The van der Waals surface area contributed by atoms with E-state index >= 15 is 0 Å². The zero-order chi connectivity index (χ0) is 34.4. The predicted molar refractivity (Wildman–Crippen MR) is 184 cm³/mol. The Morgan fingerprint density at radius 1 is 0.913 bits per heavy atom. The first-order chi connectivity index (χ1) is 21.5. The summed E-state index contributed by atoms with van der Waals surface area (Å²) < 4.78 is 10.9. The van der Waals surface area contributed by atoms with Crippen LogP contribution in [0.1, 0.15) is 118 Å². The van der Waals surface area contributed by atoms with Gasteiger partial charge in [0.05, 0.1) is 29.9 Å². The molecule has 3 aliphatic rings. The Balaban J connectivity index is 0.000000188. The van der Waals surface area contributed by atoms with Crippen LogP contribution in [0.2, 0.25) is 0 Å². The molecule has 1 aliphatic carbocycles. The molecule has 46 heavy (non-hydrogen) atoms. The third-order valence-corrected chi connectivity index (χ3v) is 10.0. The second-order valence-electron chi connectivity index (χ2n) is 15.0. The van der Waals surface area contributed by atoms with Crippen molar-refractivity contribution in [3.05, 3.63) is 59.7 Å². The van der Waals surface area contributed by atoms with Gasteiger partial charge < -0.3 is 14.6 Å². The molecule has 0 aromatic heterocycles. The molecule has 3 fully saturated rings. The van der Waals surface area contributed by atoms with Crippen molar-refractivity contribution in [1.82, 2.24) is 0 Å². The molecule has 0 spiro atoms. The maximum Gasteiger partial charge on any atom is 0.311 e. The molecule has 1 saturated carbocycles. The zero-order valence-corrected chi connectivity index (χ0v) is 29.8. The van der Waals surface area contributed by atoms with E-state index in [1.807, 2.05) is 20.8 Å². The Morgan fingerprint density at radius 3 is 1.96 bits per heavy atom. The van der Waals surface area contributed by atoms with Crippen LogP contribution in [0.5, 0.6) is 5.75 Å². The van der Waals surface area contributed by atoms with Gasteiger partial charge >= 0.3 is 5.97 Å². The number of hydrogen-bond donors (Lipinski definition) is 1. The lowest BCUT2D eigenvalue weighted by atomic mass is 9.85. The summed E-state index contributed by atoms with van der Waals surface area (Å²) in [6, 6.07) is 15.1. The van der Waals surface area contributed by atoms with Gasteiger partial charge in [0.25, 0.3) is 0 Å². The Kier molecular flexibility index (Phi) is 12.6. The summed E-state index contributed by atoms with van der Waals surface area (Å²) in [7, 11) is 0. The van der Waals surface area contributed by atoms with Gasteiger partial charge in [-0.3, -0.25) is 19.3 Å². The molecule has 254 valence electrons. The van der Waals surface area contributed by atoms with Gasteiger partial charge in [-0.05, 0) is 98.6 Å². The third kappa shape index (κ3) is 9.66. The Hall–Kier alpha value is -3.19. The summed E-state index contributed by atoms with van der Waals surface area (Å²) in [6.45, 7) is 21.3. The molecule has 6 unspecified atom stereocenters. The fraction of sp³-hybridized carbons (Fsp3) is 0.615. The molecular weight excluding hydrogens is 578 g/mol. The molecule has 5 rings (SSSR count). The maximum absolute atomic E-state index is 11.9. The van der Waals surface area contributed by atoms with Gasteiger partial charge in [0.1, 0.15) is 5.75 Å². The molecule has 7 heteroatoms. The molecule has 6 atom stereocenters. The van der Waals surface area contributed by atoms with Crippen LogP contribution in [-0.4, -0.2) is 41.7 Å². The average molecular weight is 636 g/mol. The lowest BCUT2D eigenvalue weighted by molar-refractivity contribution is -0.155. The molecule has 1 N–H and O–H groups in total. The van der Waals surface area contributed by atoms with Crippen LogP contribution in [-0.2, 0) is 29.3 Å². The molecule has 2 heterocycles. The molecule has 0 radical (unpaired) electrons. The SMILES string of the molecule is CC1C(=O)N(c2ccc(O)cc2)C(=O)C1C.CCC(C)(C)C(=O)OCC1CCC2OC2C1.CCC(C)c1ccc(C(C)(C)C)cc1. The highest BCUT2D eigenvalue weighted by Crippen LogP contribution is 2.39. The number of amides is 2. The van der Waals surface area contributed by atoms with Crippen LogP contribution in [0.15, 0.2) is 48.5 Å². The van der Waals surface area contributed by atoms with Crippen molar-refractivity contribution in [2.75, 3.05) is 11.5 Å². The van der Waals surface area contributed by atoms with Crippen LogP contribution in [0.25, 0.3) is 0 Å². The van der Waals surface area contributed by atoms with Crippen LogP contribution in [0.4, 0.5) is 5.69 Å². The number of esters is 1. The van der Waals surface area contributed by atoms with E-state index in [1.165, 1.54) is 34.6 Å². The number of ether oxygens (including phenoxy) is 2. The number of anilines is 1. The Bertz CT molecular complexity index is 1290. The number of benzene rings is 2. The molecule has 0 bridgehead atoms. The van der Waals surface area contributed by atoms with Crippen molar-refractivity contribution in [2.45, 2.75) is 125 Å². The van der Waals surface area contributed by atoms with Gasteiger partial charge in [-0.25, -0.2) is 0 Å². The van der Waals surface area contributed by atoms with Crippen molar-refractivity contribution in [2.24, 2.45) is 23.2 Å². The van der Waals surface area contributed by atoms with E-state index in [4.69, 9.17) is 14.6 Å². The normalized spacial score (nSPS) is 24.6. The first kappa shape index (κ1) is 37.3. The summed E-state index contributed by atoms with van der Waals surface area (Å²) in [5, 5.41) is 9.15. The van der Waals surface area contributed by atoms with Crippen molar-refractivity contribution >= 4 is 23.5 Å². The number of phenols is 1. The van der Waals surface area contributed by atoms with Gasteiger partial charge in [-0.15, -0.1) is 0 Å². The van der Waals surface area contributed by atoms with Crippen LogP contribution < -0.4 is 4.90 Å². The van der Waals surface area contributed by atoms with E-state index in [2.05, 4.69) is 58.9 Å². The summed E-state index contributed by atoms with van der Waals surface area (Å²) in [6.07, 6.45) is 6.39. The number of carbonyl (C=O) groups excluding carboxylic acids is 3. The summed E-state index contributed by atoms with van der Waals surface area (Å²) in [5.41, 5.74) is 3.33. The van der Waals surface area contributed by atoms with Crippen molar-refractivity contribution < 1.29 is 29.0 Å². The highest BCUT2D eigenvalue weighted by molar-refractivity contribution is 6.21. The lowest BCUT2D eigenvalue weighted by Gasteiger charge is -2.24. The largest absolute Gasteiger partial charge is 0.508 e. The number of fused-ring (bicyclic) bond motifs is 1. The number of rotatable bonds is 7. The highest BCUT2D eigenvalue weighted by Gasteiger charge is 2.44.